The van der Waals surface area contributed by atoms with E-state index >= 15 is 0 Å². The predicted molar refractivity (Wildman–Crippen MR) is 104 cm³/mol. The molecule has 25 heavy (non-hydrogen) atoms. The summed E-state index contributed by atoms with van der Waals surface area (Å²) < 4.78 is 0.903. The van der Waals surface area contributed by atoms with Crippen molar-refractivity contribution in [1.82, 2.24) is 4.98 Å². The van der Waals surface area contributed by atoms with Gasteiger partial charge in [0.2, 0.25) is 0 Å². The quantitative estimate of drug-likeness (QED) is 0.666. The van der Waals surface area contributed by atoms with Crippen molar-refractivity contribution in [3.63, 3.8) is 0 Å². The van der Waals surface area contributed by atoms with Gasteiger partial charge in [-0.3, -0.25) is 9.59 Å². The normalized spacial score (nSPS) is 12.6. The molecule has 7 heteroatoms. The van der Waals surface area contributed by atoms with Crippen LogP contribution in [-0.2, 0) is 0 Å². The van der Waals surface area contributed by atoms with Gasteiger partial charge >= 0.3 is 0 Å². The van der Waals surface area contributed by atoms with Crippen molar-refractivity contribution in [3.8, 4) is 0 Å². The third-order valence-electron chi connectivity index (χ3n) is 3.32. The van der Waals surface area contributed by atoms with Gasteiger partial charge < -0.3 is 4.98 Å². The molecule has 0 aliphatic heterocycles. The summed E-state index contributed by atoms with van der Waals surface area (Å²) in [5.41, 5.74) is 0.880. The maximum atomic E-state index is 12.2. The van der Waals surface area contributed by atoms with Crippen LogP contribution in [0.3, 0.4) is 0 Å². The third kappa shape index (κ3) is 4.41. The number of benzene rings is 2. The highest BCUT2D eigenvalue weighted by Gasteiger charge is 2.04. The summed E-state index contributed by atoms with van der Waals surface area (Å²) in [5.74, 6) is -0.217. The zero-order chi connectivity index (χ0) is 18.0. The minimum absolute atomic E-state index is 0.217. The molecule has 0 atom stereocenters. The van der Waals surface area contributed by atoms with Gasteiger partial charge in [0.1, 0.15) is 0 Å². The molecule has 3 rings (SSSR count). The van der Waals surface area contributed by atoms with Gasteiger partial charge in [-0.2, -0.15) is 0 Å². The van der Waals surface area contributed by atoms with E-state index in [0.29, 0.717) is 35.4 Å². The van der Waals surface area contributed by atoms with E-state index in [2.05, 4.69) is 4.98 Å². The zero-order valence-electron chi connectivity index (χ0n) is 12.6. The van der Waals surface area contributed by atoms with Crippen molar-refractivity contribution in [2.24, 2.45) is 0 Å². The molecule has 0 amide bonds. The van der Waals surface area contributed by atoms with Crippen molar-refractivity contribution in [2.75, 3.05) is 0 Å². The van der Waals surface area contributed by atoms with Crippen LogP contribution >= 0.6 is 46.1 Å². The molecule has 0 saturated carbocycles. The average molecular weight is 411 g/mol. The van der Waals surface area contributed by atoms with Gasteiger partial charge in [0.05, 0.1) is 9.20 Å². The summed E-state index contributed by atoms with van der Waals surface area (Å²) in [4.78, 5) is 27.0. The number of hydrogen-bond donors (Lipinski definition) is 1. The molecule has 3 nitrogen and oxygen atoms in total. The van der Waals surface area contributed by atoms with Gasteiger partial charge in [0.25, 0.3) is 5.56 Å². The van der Waals surface area contributed by atoms with E-state index in [-0.39, 0.29) is 11.3 Å². The Morgan fingerprint density at radius 1 is 1.00 bits per heavy atom. The highest BCUT2D eigenvalue weighted by Crippen LogP contribution is 2.21. The molecule has 3 aromatic rings. The van der Waals surface area contributed by atoms with Gasteiger partial charge in [0.15, 0.2) is 5.78 Å². The van der Waals surface area contributed by atoms with Crippen LogP contribution < -0.4 is 14.8 Å². The Balaban J connectivity index is 1.99. The van der Waals surface area contributed by atoms with Crippen molar-refractivity contribution in [3.05, 3.63) is 88.2 Å². The standard InChI is InChI=1S/C18H10Cl3NO2S/c19-12-4-1-10(2-5-12)15(23)9-17-22-18(24)16(25-17)7-11-3-6-13(20)8-14(11)21/h1-9H,(H,22,24)/b16-7+,17-9+. The molecule has 0 fully saturated rings. The fourth-order valence-electron chi connectivity index (χ4n) is 2.10. The maximum absolute atomic E-state index is 12.2. The number of ketones is 1. The number of rotatable bonds is 3. The van der Waals surface area contributed by atoms with Crippen LogP contribution in [-0.4, -0.2) is 10.8 Å². The van der Waals surface area contributed by atoms with Gasteiger partial charge in [0, 0.05) is 26.7 Å². The van der Waals surface area contributed by atoms with Gasteiger partial charge in [-0.25, -0.2) is 0 Å². The first-order chi connectivity index (χ1) is 11.9. The number of halogens is 3. The molecule has 2 aromatic carbocycles. The highest BCUT2D eigenvalue weighted by molar-refractivity contribution is 7.07. The Kier molecular flexibility index (Phi) is 5.45. The van der Waals surface area contributed by atoms with E-state index < -0.39 is 0 Å². The Labute approximate surface area is 161 Å². The molecule has 0 bridgehead atoms. The van der Waals surface area contributed by atoms with Crippen LogP contribution in [0.1, 0.15) is 15.9 Å². The largest absolute Gasteiger partial charge is 0.313 e. The van der Waals surface area contributed by atoms with E-state index in [1.165, 1.54) is 17.4 Å². The van der Waals surface area contributed by atoms with Crippen molar-refractivity contribution in [1.29, 1.82) is 0 Å². The van der Waals surface area contributed by atoms with E-state index in [1.807, 2.05) is 0 Å². The second kappa shape index (κ2) is 7.58. The minimum atomic E-state index is -0.286. The molecule has 0 aliphatic rings. The van der Waals surface area contributed by atoms with Crippen LogP contribution in [0.4, 0.5) is 0 Å². The SMILES string of the molecule is O=C(/C=c1\[nH]c(=O)/c(=C\c2ccc(Cl)cc2Cl)s1)c1ccc(Cl)cc1. The van der Waals surface area contributed by atoms with Crippen molar-refractivity contribution >= 4 is 64.1 Å². The molecular weight excluding hydrogens is 401 g/mol. The lowest BCUT2D eigenvalue weighted by atomic mass is 10.1. The highest BCUT2D eigenvalue weighted by atomic mass is 35.5. The monoisotopic (exact) mass is 409 g/mol. The minimum Gasteiger partial charge on any atom is -0.313 e. The second-order valence-electron chi connectivity index (χ2n) is 5.11. The second-order valence-corrected chi connectivity index (χ2v) is 7.47. The van der Waals surface area contributed by atoms with Crippen molar-refractivity contribution < 1.29 is 4.79 Å². The molecule has 0 saturated heterocycles. The summed E-state index contributed by atoms with van der Waals surface area (Å²) in [6, 6.07) is 11.6. The Morgan fingerprint density at radius 2 is 1.68 bits per heavy atom. The number of Topliss-reactive ketones (excluding diaryl/α,β-unsaturated/α-hetero) is 1. The Hall–Kier alpha value is -1.85. The molecule has 0 aliphatic carbocycles. The number of H-pyrrole nitrogens is 1. The first-order valence-corrected chi connectivity index (χ1v) is 9.05. The lowest BCUT2D eigenvalue weighted by Crippen LogP contribution is -2.20. The van der Waals surface area contributed by atoms with Crippen LogP contribution in [0, 0.1) is 0 Å². The molecular formula is C18H10Cl3NO2S. The summed E-state index contributed by atoms with van der Waals surface area (Å²) in [7, 11) is 0. The summed E-state index contributed by atoms with van der Waals surface area (Å²) in [5, 5.41) is 1.52. The van der Waals surface area contributed by atoms with E-state index in [0.717, 1.165) is 0 Å². The number of aromatic nitrogens is 1. The summed E-state index contributed by atoms with van der Waals surface area (Å²) in [6.07, 6.45) is 3.04. The number of nitrogens with one attached hydrogen (secondary N) is 1. The van der Waals surface area contributed by atoms with Gasteiger partial charge in [-0.1, -0.05) is 40.9 Å². The first-order valence-electron chi connectivity index (χ1n) is 7.10. The fraction of sp³-hybridized carbons (Fsp3) is 0. The van der Waals surface area contributed by atoms with Gasteiger partial charge in [-0.15, -0.1) is 11.3 Å². The third-order valence-corrected chi connectivity index (χ3v) is 5.10. The molecule has 0 spiro atoms. The Bertz CT molecular complexity index is 1110. The van der Waals surface area contributed by atoms with Crippen LogP contribution in [0.2, 0.25) is 15.1 Å². The molecule has 0 unspecified atom stereocenters. The predicted octanol–water partition coefficient (Wildman–Crippen LogP) is 3.89. The smallest absolute Gasteiger partial charge is 0.266 e. The Morgan fingerprint density at radius 3 is 2.36 bits per heavy atom. The zero-order valence-corrected chi connectivity index (χ0v) is 15.6. The number of hydrogen-bond acceptors (Lipinski definition) is 3. The van der Waals surface area contributed by atoms with Gasteiger partial charge in [-0.05, 0) is 48.0 Å². The number of carbonyl (C=O) groups is 1. The number of thiazole rings is 1. The fourth-order valence-corrected chi connectivity index (χ4v) is 3.57. The summed E-state index contributed by atoms with van der Waals surface area (Å²) >= 11 is 19.0. The lowest BCUT2D eigenvalue weighted by Gasteiger charge is -1.97. The summed E-state index contributed by atoms with van der Waals surface area (Å²) in [6.45, 7) is 0. The van der Waals surface area contributed by atoms with E-state index in [1.54, 1.807) is 48.5 Å². The molecule has 126 valence electrons. The average Bonchev–Trinajstić information content (AvgIpc) is 2.90. The lowest BCUT2D eigenvalue weighted by molar-refractivity contribution is 0.106. The molecule has 0 radical (unpaired) electrons. The number of carbonyl (C=O) groups excluding carboxylic acids is 1. The molecule has 1 heterocycles. The first kappa shape index (κ1) is 18.0. The number of aromatic amines is 1. The maximum Gasteiger partial charge on any atom is 0.266 e. The molecule has 1 N–H and O–H groups in total. The topological polar surface area (TPSA) is 49.9 Å². The van der Waals surface area contributed by atoms with E-state index in [4.69, 9.17) is 34.8 Å². The van der Waals surface area contributed by atoms with Crippen molar-refractivity contribution in [2.45, 2.75) is 0 Å². The molecule has 1 aromatic heterocycles. The van der Waals surface area contributed by atoms with Crippen LogP contribution in [0.25, 0.3) is 12.2 Å². The van der Waals surface area contributed by atoms with E-state index in [9.17, 15) is 9.59 Å². The van der Waals surface area contributed by atoms with Crippen LogP contribution in [0.5, 0.6) is 0 Å². The van der Waals surface area contributed by atoms with Crippen LogP contribution in [0.15, 0.2) is 47.3 Å².